The van der Waals surface area contributed by atoms with Crippen LogP contribution < -0.4 is 0 Å². The van der Waals surface area contributed by atoms with Crippen LogP contribution in [0.2, 0.25) is 0 Å². The SMILES string of the molecule is C=C1CCCC1(C)OC(=O)C(C)(C)CC.C=C1CCCC1(CC)OC(=O)C(C)(C)CC.CCC(C)(C)C(=O)OC1(C)C=CCC1.CCC(C)(C)C(=O)OC1(C)c2ccccc2-c2ccccc21.CCC(C)(C)C(=O)OC1(CC)c2ccccc2-c2ccccc21.CCC1(OC(=O)C(C)(C)CC)C=CCC1. The highest BCUT2D eigenvalue weighted by molar-refractivity contribution is 5.85. The van der Waals surface area contributed by atoms with Crippen LogP contribution in [-0.4, -0.2) is 58.2 Å². The monoisotopic (exact) mass is 1440 g/mol. The second-order valence-corrected chi connectivity index (χ2v) is 34.3. The Morgan fingerprint density at radius 2 is 0.705 bits per heavy atom. The number of fused-ring (bicyclic) bond motifs is 6. The van der Waals surface area contributed by atoms with Crippen LogP contribution in [0, 0.1) is 32.5 Å². The van der Waals surface area contributed by atoms with Crippen LogP contribution in [-0.2, 0) is 68.4 Å². The van der Waals surface area contributed by atoms with Gasteiger partial charge in [0, 0.05) is 22.3 Å². The Balaban J connectivity index is 0.000000229. The molecule has 0 bridgehead atoms. The van der Waals surface area contributed by atoms with Crippen LogP contribution >= 0.6 is 0 Å². The van der Waals surface area contributed by atoms with Gasteiger partial charge in [0.2, 0.25) is 0 Å². The Morgan fingerprint density at radius 1 is 0.362 bits per heavy atom. The molecule has 6 aliphatic rings. The van der Waals surface area contributed by atoms with Crippen LogP contribution in [0.1, 0.15) is 310 Å². The quantitative estimate of drug-likeness (QED) is 0.0442. The molecule has 12 heteroatoms. The van der Waals surface area contributed by atoms with Gasteiger partial charge in [-0.3, -0.25) is 28.8 Å². The summed E-state index contributed by atoms with van der Waals surface area (Å²) in [6.45, 7) is 55.6. The Hall–Kier alpha value is -7.34. The first-order valence-electron chi connectivity index (χ1n) is 39.4. The van der Waals surface area contributed by atoms with Gasteiger partial charge >= 0.3 is 35.8 Å². The third-order valence-corrected chi connectivity index (χ3v) is 24.3. The number of esters is 6. The summed E-state index contributed by atoms with van der Waals surface area (Å²) >= 11 is 0. The van der Waals surface area contributed by atoms with Crippen LogP contribution in [0.25, 0.3) is 22.3 Å². The number of benzene rings is 4. The third-order valence-electron chi connectivity index (χ3n) is 24.3. The van der Waals surface area contributed by atoms with Crippen molar-refractivity contribution in [1.82, 2.24) is 0 Å². The second-order valence-electron chi connectivity index (χ2n) is 34.3. The van der Waals surface area contributed by atoms with E-state index in [9.17, 15) is 28.8 Å². The average Bonchev–Trinajstić information content (AvgIpc) is 1.58. The molecule has 0 saturated heterocycles. The van der Waals surface area contributed by atoms with Crippen molar-refractivity contribution >= 4 is 35.8 Å². The van der Waals surface area contributed by atoms with Crippen molar-refractivity contribution in [1.29, 1.82) is 0 Å². The molecule has 0 radical (unpaired) electrons. The van der Waals surface area contributed by atoms with Gasteiger partial charge in [0.15, 0.2) is 11.2 Å². The number of allylic oxidation sites excluding steroid dienone is 2. The molecule has 4 atom stereocenters. The predicted octanol–water partition coefficient (Wildman–Crippen LogP) is 24.1. The lowest BCUT2D eigenvalue weighted by atomic mass is 9.86. The summed E-state index contributed by atoms with van der Waals surface area (Å²) < 4.78 is 34.9. The van der Waals surface area contributed by atoms with E-state index in [-0.39, 0.29) is 74.3 Å². The van der Waals surface area contributed by atoms with Crippen molar-refractivity contribution in [2.75, 3.05) is 0 Å². The third kappa shape index (κ3) is 20.5. The van der Waals surface area contributed by atoms with Gasteiger partial charge in [0.05, 0.1) is 32.5 Å². The smallest absolute Gasteiger partial charge is 0.312 e. The lowest BCUT2D eigenvalue weighted by Crippen LogP contribution is -2.38. The molecular weight excluding hydrogens is 1310 g/mol. The van der Waals surface area contributed by atoms with E-state index in [2.05, 4.69) is 101 Å². The number of ether oxygens (including phenoxy) is 6. The van der Waals surface area contributed by atoms with E-state index in [1.54, 1.807) is 0 Å². The lowest BCUT2D eigenvalue weighted by Gasteiger charge is -2.34. The maximum atomic E-state index is 12.8. The van der Waals surface area contributed by atoms with Crippen molar-refractivity contribution < 1.29 is 57.2 Å². The predicted molar refractivity (Wildman–Crippen MR) is 428 cm³/mol. The molecular formula is C93H134O12. The van der Waals surface area contributed by atoms with E-state index in [0.29, 0.717) is 0 Å². The maximum absolute atomic E-state index is 12.8. The molecule has 4 aromatic rings. The van der Waals surface area contributed by atoms with Gasteiger partial charge in [0.1, 0.15) is 22.4 Å². The molecule has 4 unspecified atom stereocenters. The first kappa shape index (κ1) is 88.3. The molecule has 6 aliphatic carbocycles. The number of hydrogen-bond donors (Lipinski definition) is 0. The standard InChI is InChI=1S/C21H24O2.C20H22O2.C14H24O2.2C13H22O2.C12H20O2/c1-5-20(3,4)19(22)23-21(6-2)17-13-9-7-11-15(17)16-12-8-10-14-18(16)21;1-5-19(2,3)18(21)22-20(4)16-12-8-6-10-14(16)15-11-7-9-13-17(15)20;1-6-13(4,5)12(15)16-14(7-2)10-8-9-11(14)3;1-6-12(3,4)11(14)15-13(5)9-7-8-10(13)2;1-5-12(3,4)11(14)15-13(6-2)9-7-8-10-13;1-5-11(2,3)10(13)14-12(4)8-6-7-9-12/h7-14H,5-6H2,1-4H3;6-13H,5H2,1-4H3;3,6-10H2,1-2,4-5H3;2,6-9H2,1,3-5H3;7,9H,5-6,8,10H2,1-4H3;6,8H,5,7,9H2,1-4H3. The fourth-order valence-electron chi connectivity index (χ4n) is 13.0. The minimum Gasteiger partial charge on any atom is -0.455 e. The fraction of sp³-hybridized carbons (Fsp3) is 0.591. The molecule has 2 fully saturated rings. The molecule has 4 aromatic carbocycles. The zero-order valence-corrected chi connectivity index (χ0v) is 69.3. The van der Waals surface area contributed by atoms with Gasteiger partial charge in [0.25, 0.3) is 0 Å². The number of carbonyl (C=O) groups is 6. The molecule has 12 nitrogen and oxygen atoms in total. The van der Waals surface area contributed by atoms with Gasteiger partial charge in [-0.1, -0.05) is 185 Å². The first-order valence-corrected chi connectivity index (χ1v) is 39.4. The lowest BCUT2D eigenvalue weighted by molar-refractivity contribution is -0.168. The molecule has 0 aromatic heterocycles. The van der Waals surface area contributed by atoms with Gasteiger partial charge in [-0.25, -0.2) is 0 Å². The van der Waals surface area contributed by atoms with Crippen molar-refractivity contribution in [3.8, 4) is 22.3 Å². The molecule has 0 spiro atoms. The van der Waals surface area contributed by atoms with Crippen LogP contribution in [0.15, 0.2) is 146 Å². The van der Waals surface area contributed by atoms with Crippen molar-refractivity contribution in [2.45, 2.75) is 322 Å². The number of rotatable bonds is 21. The van der Waals surface area contributed by atoms with E-state index >= 15 is 0 Å². The summed E-state index contributed by atoms with van der Waals surface area (Å²) in [5.41, 5.74) is 5.86. The van der Waals surface area contributed by atoms with Gasteiger partial charge in [-0.05, 0) is 271 Å². The summed E-state index contributed by atoms with van der Waals surface area (Å²) in [5.74, 6) is -0.625. The molecule has 10 rings (SSSR count). The van der Waals surface area contributed by atoms with E-state index in [0.717, 1.165) is 167 Å². The maximum Gasteiger partial charge on any atom is 0.312 e. The van der Waals surface area contributed by atoms with Crippen molar-refractivity contribution in [3.63, 3.8) is 0 Å². The summed E-state index contributed by atoms with van der Waals surface area (Å²) in [6.07, 6.45) is 25.3. The summed E-state index contributed by atoms with van der Waals surface area (Å²) in [7, 11) is 0. The molecule has 0 amide bonds. The summed E-state index contributed by atoms with van der Waals surface area (Å²) in [4.78, 5) is 73.3. The van der Waals surface area contributed by atoms with Crippen LogP contribution in [0.5, 0.6) is 0 Å². The van der Waals surface area contributed by atoms with E-state index in [4.69, 9.17) is 28.4 Å². The molecule has 0 N–H and O–H groups in total. The minimum absolute atomic E-state index is 0.0709. The largest absolute Gasteiger partial charge is 0.455 e. The van der Waals surface area contributed by atoms with Crippen molar-refractivity contribution in [3.05, 3.63) is 168 Å². The summed E-state index contributed by atoms with van der Waals surface area (Å²) in [6, 6.07) is 32.9. The second kappa shape index (κ2) is 35.6. The Bertz CT molecular complexity index is 3640. The normalized spacial score (nSPS) is 21.4. The molecule has 0 heterocycles. The fourth-order valence-corrected chi connectivity index (χ4v) is 13.0. The minimum atomic E-state index is -0.712. The Kier molecular flexibility index (Phi) is 29.9. The Labute approximate surface area is 634 Å². The highest BCUT2D eigenvalue weighted by Crippen LogP contribution is 2.53. The van der Waals surface area contributed by atoms with E-state index in [1.165, 1.54) is 11.1 Å². The molecule has 578 valence electrons. The zero-order chi connectivity index (χ0) is 79.1. The highest BCUT2D eigenvalue weighted by Gasteiger charge is 2.49. The number of hydrogen-bond acceptors (Lipinski definition) is 12. The van der Waals surface area contributed by atoms with Gasteiger partial charge < -0.3 is 28.4 Å². The van der Waals surface area contributed by atoms with E-state index < -0.39 is 27.6 Å². The molecule has 0 aliphatic heterocycles. The number of carbonyl (C=O) groups excluding carboxylic acids is 6. The molecule has 2 saturated carbocycles. The topological polar surface area (TPSA) is 158 Å². The Morgan fingerprint density at radius 3 is 1.05 bits per heavy atom. The van der Waals surface area contributed by atoms with Crippen molar-refractivity contribution in [2.24, 2.45) is 32.5 Å². The highest BCUT2D eigenvalue weighted by atomic mass is 16.6. The zero-order valence-electron chi connectivity index (χ0n) is 69.3. The van der Waals surface area contributed by atoms with Crippen LogP contribution in [0.4, 0.5) is 0 Å². The van der Waals surface area contributed by atoms with Gasteiger partial charge in [-0.15, -0.1) is 0 Å². The van der Waals surface area contributed by atoms with Crippen LogP contribution in [0.3, 0.4) is 0 Å². The first-order chi connectivity index (χ1) is 48.9. The molecule has 105 heavy (non-hydrogen) atoms. The van der Waals surface area contributed by atoms with Gasteiger partial charge in [-0.2, -0.15) is 0 Å². The summed E-state index contributed by atoms with van der Waals surface area (Å²) in [5, 5.41) is 0. The van der Waals surface area contributed by atoms with E-state index in [1.807, 2.05) is 200 Å². The average molecular weight is 1440 g/mol.